The van der Waals surface area contributed by atoms with Gasteiger partial charge in [0.2, 0.25) is 5.91 Å². The second-order valence-corrected chi connectivity index (χ2v) is 6.69. The smallest absolute Gasteiger partial charge is 0.248 e. The fourth-order valence-corrected chi connectivity index (χ4v) is 3.31. The number of carbonyl (C=O) groups is 1. The van der Waals surface area contributed by atoms with Gasteiger partial charge in [-0.15, -0.1) is 0 Å². The number of carbonyl (C=O) groups excluding carboxylic acids is 1. The lowest BCUT2D eigenvalue weighted by Gasteiger charge is -2.36. The molecule has 3 rings (SSSR count). The van der Waals surface area contributed by atoms with Crippen LogP contribution >= 0.6 is 11.6 Å². The molecule has 2 aromatic rings. The number of benzene rings is 2. The van der Waals surface area contributed by atoms with Crippen LogP contribution in [0.15, 0.2) is 54.6 Å². The Morgan fingerprint density at radius 3 is 2.50 bits per heavy atom. The summed E-state index contributed by atoms with van der Waals surface area (Å²) in [5.74, 6) is -0.162. The highest BCUT2D eigenvalue weighted by molar-refractivity contribution is 6.32. The Hall–Kier alpha value is -2.30. The molecule has 136 valence electrons. The van der Waals surface area contributed by atoms with Gasteiger partial charge in [-0.25, -0.2) is 0 Å². The second kappa shape index (κ2) is 8.88. The summed E-state index contributed by atoms with van der Waals surface area (Å²) in [6.45, 7) is 7.30. The summed E-state index contributed by atoms with van der Waals surface area (Å²) in [5.41, 5.74) is 2.74. The first kappa shape index (κ1) is 18.5. The minimum absolute atomic E-state index is 0.162. The van der Waals surface area contributed by atoms with Crippen LogP contribution in [0.3, 0.4) is 0 Å². The lowest BCUT2D eigenvalue weighted by molar-refractivity contribution is -0.111. The van der Waals surface area contributed by atoms with Crippen molar-refractivity contribution >= 4 is 35.0 Å². The summed E-state index contributed by atoms with van der Waals surface area (Å²) in [5, 5.41) is 3.63. The molecular formula is C21H24ClN3O. The van der Waals surface area contributed by atoms with Gasteiger partial charge in [-0.2, -0.15) is 0 Å². The zero-order valence-corrected chi connectivity index (χ0v) is 15.7. The summed E-state index contributed by atoms with van der Waals surface area (Å²) in [4.78, 5) is 17.1. The maximum absolute atomic E-state index is 12.4. The molecule has 26 heavy (non-hydrogen) atoms. The first-order valence-corrected chi connectivity index (χ1v) is 9.35. The topological polar surface area (TPSA) is 35.6 Å². The maximum atomic E-state index is 12.4. The lowest BCUT2D eigenvalue weighted by atomic mass is 10.2. The molecule has 0 bridgehead atoms. The number of para-hydroxylation sites is 2. The molecule has 1 aliphatic rings. The number of amides is 1. The highest BCUT2D eigenvalue weighted by Gasteiger charge is 2.18. The van der Waals surface area contributed by atoms with E-state index in [0.29, 0.717) is 5.02 Å². The highest BCUT2D eigenvalue weighted by atomic mass is 35.5. The van der Waals surface area contributed by atoms with Gasteiger partial charge in [-0.05, 0) is 36.4 Å². The van der Waals surface area contributed by atoms with Crippen LogP contribution in [0.1, 0.15) is 12.5 Å². The number of halogens is 1. The molecule has 1 fully saturated rings. The third kappa shape index (κ3) is 4.65. The van der Waals surface area contributed by atoms with Crippen LogP contribution in [0.25, 0.3) is 6.08 Å². The summed E-state index contributed by atoms with van der Waals surface area (Å²) in [7, 11) is 0. The number of hydrogen-bond donors (Lipinski definition) is 1. The lowest BCUT2D eigenvalue weighted by Crippen LogP contribution is -2.46. The largest absolute Gasteiger partial charge is 0.367 e. The number of hydrogen-bond acceptors (Lipinski definition) is 3. The standard InChI is InChI=1S/C21H24ClN3O/c1-2-24-13-15-25(16-14-24)20-10-6-5-9-19(20)23-21(26)12-11-17-7-3-4-8-18(17)22/h3-12H,2,13-16H2,1H3,(H,23,26)/b12-11+. The van der Waals surface area contributed by atoms with Crippen molar-refractivity contribution in [3.8, 4) is 0 Å². The van der Waals surface area contributed by atoms with Gasteiger partial charge in [0.1, 0.15) is 0 Å². The summed E-state index contributed by atoms with van der Waals surface area (Å²) < 4.78 is 0. The van der Waals surface area contributed by atoms with Crippen LogP contribution in [-0.4, -0.2) is 43.5 Å². The average molecular weight is 370 g/mol. The van der Waals surface area contributed by atoms with Crippen molar-refractivity contribution < 1.29 is 4.79 Å². The van der Waals surface area contributed by atoms with Crippen molar-refractivity contribution in [3.05, 3.63) is 65.2 Å². The zero-order valence-electron chi connectivity index (χ0n) is 15.0. The molecule has 1 saturated heterocycles. The van der Waals surface area contributed by atoms with Crippen LogP contribution in [0.2, 0.25) is 5.02 Å². The first-order chi connectivity index (χ1) is 12.7. The number of anilines is 2. The molecule has 0 saturated carbocycles. The number of nitrogens with one attached hydrogen (secondary N) is 1. The first-order valence-electron chi connectivity index (χ1n) is 8.97. The molecule has 1 N–H and O–H groups in total. The monoisotopic (exact) mass is 369 g/mol. The van der Waals surface area contributed by atoms with Crippen molar-refractivity contribution in [1.82, 2.24) is 4.90 Å². The summed E-state index contributed by atoms with van der Waals surface area (Å²) >= 11 is 6.12. The van der Waals surface area contributed by atoms with E-state index < -0.39 is 0 Å². The Labute approximate surface area is 160 Å². The minimum atomic E-state index is -0.162. The SMILES string of the molecule is CCN1CCN(c2ccccc2NC(=O)/C=C/c2ccccc2Cl)CC1. The number of piperazine rings is 1. The number of rotatable bonds is 5. The molecule has 5 heteroatoms. The maximum Gasteiger partial charge on any atom is 0.248 e. The molecule has 2 aromatic carbocycles. The Morgan fingerprint density at radius 1 is 1.08 bits per heavy atom. The molecule has 0 unspecified atom stereocenters. The Kier molecular flexibility index (Phi) is 6.31. The Balaban J connectivity index is 1.68. The quantitative estimate of drug-likeness (QED) is 0.805. The number of nitrogens with zero attached hydrogens (tertiary/aromatic N) is 2. The summed E-state index contributed by atoms with van der Waals surface area (Å²) in [6, 6.07) is 15.4. The van der Waals surface area contributed by atoms with Gasteiger partial charge in [0.05, 0.1) is 11.4 Å². The van der Waals surface area contributed by atoms with E-state index in [4.69, 9.17) is 11.6 Å². The molecule has 1 heterocycles. The highest BCUT2D eigenvalue weighted by Crippen LogP contribution is 2.26. The predicted molar refractivity (Wildman–Crippen MR) is 110 cm³/mol. The van der Waals surface area contributed by atoms with E-state index in [2.05, 4.69) is 28.1 Å². The van der Waals surface area contributed by atoms with Crippen LogP contribution in [0, 0.1) is 0 Å². The fraction of sp³-hybridized carbons (Fsp3) is 0.286. The van der Waals surface area contributed by atoms with E-state index in [9.17, 15) is 4.79 Å². The molecule has 0 aliphatic carbocycles. The van der Waals surface area contributed by atoms with Crippen LogP contribution in [0.5, 0.6) is 0 Å². The van der Waals surface area contributed by atoms with E-state index >= 15 is 0 Å². The normalized spacial score (nSPS) is 15.4. The molecular weight excluding hydrogens is 346 g/mol. The van der Waals surface area contributed by atoms with Crippen molar-refractivity contribution in [1.29, 1.82) is 0 Å². The minimum Gasteiger partial charge on any atom is -0.367 e. The Bertz CT molecular complexity index is 782. The van der Waals surface area contributed by atoms with E-state index in [1.807, 2.05) is 42.5 Å². The van der Waals surface area contributed by atoms with Gasteiger partial charge in [0.15, 0.2) is 0 Å². The molecule has 0 atom stereocenters. The van der Waals surface area contributed by atoms with Gasteiger partial charge in [-0.3, -0.25) is 4.79 Å². The van der Waals surface area contributed by atoms with E-state index in [1.54, 1.807) is 6.08 Å². The third-order valence-corrected chi connectivity index (χ3v) is 4.99. The van der Waals surface area contributed by atoms with Crippen molar-refractivity contribution in [2.24, 2.45) is 0 Å². The van der Waals surface area contributed by atoms with Gasteiger partial charge in [-0.1, -0.05) is 48.9 Å². The fourth-order valence-electron chi connectivity index (χ4n) is 3.11. The molecule has 1 aliphatic heterocycles. The molecule has 4 nitrogen and oxygen atoms in total. The van der Waals surface area contributed by atoms with Gasteiger partial charge in [0.25, 0.3) is 0 Å². The molecule has 0 aromatic heterocycles. The predicted octanol–water partition coefficient (Wildman–Crippen LogP) is 4.13. The van der Waals surface area contributed by atoms with Crippen LogP contribution in [0.4, 0.5) is 11.4 Å². The number of likely N-dealkylation sites (N-methyl/N-ethyl adjacent to an activating group) is 1. The zero-order chi connectivity index (χ0) is 18.4. The third-order valence-electron chi connectivity index (χ3n) is 4.64. The van der Waals surface area contributed by atoms with Gasteiger partial charge >= 0.3 is 0 Å². The van der Waals surface area contributed by atoms with Crippen molar-refractivity contribution in [2.45, 2.75) is 6.92 Å². The second-order valence-electron chi connectivity index (χ2n) is 6.28. The van der Waals surface area contributed by atoms with E-state index in [-0.39, 0.29) is 5.91 Å². The average Bonchev–Trinajstić information content (AvgIpc) is 2.68. The molecule has 1 amide bonds. The Morgan fingerprint density at radius 2 is 1.77 bits per heavy atom. The van der Waals surface area contributed by atoms with Crippen molar-refractivity contribution in [3.63, 3.8) is 0 Å². The van der Waals surface area contributed by atoms with Crippen LogP contribution in [-0.2, 0) is 4.79 Å². The van der Waals surface area contributed by atoms with Gasteiger partial charge in [0, 0.05) is 37.3 Å². The molecule has 0 radical (unpaired) electrons. The van der Waals surface area contributed by atoms with E-state index in [0.717, 1.165) is 49.7 Å². The molecule has 0 spiro atoms. The van der Waals surface area contributed by atoms with Gasteiger partial charge < -0.3 is 15.1 Å². The summed E-state index contributed by atoms with van der Waals surface area (Å²) in [6.07, 6.45) is 3.26. The van der Waals surface area contributed by atoms with Crippen molar-refractivity contribution in [2.75, 3.05) is 42.9 Å². The van der Waals surface area contributed by atoms with E-state index in [1.165, 1.54) is 6.08 Å². The van der Waals surface area contributed by atoms with Crippen LogP contribution < -0.4 is 10.2 Å².